The lowest BCUT2D eigenvalue weighted by Crippen LogP contribution is -2.34. The molecule has 1 aromatic heterocycles. The number of aromatic nitrogens is 2. The van der Waals surface area contributed by atoms with Gasteiger partial charge in [0.1, 0.15) is 17.5 Å². The molecule has 4 rings (SSSR count). The highest BCUT2D eigenvalue weighted by Crippen LogP contribution is 2.29. The van der Waals surface area contributed by atoms with E-state index >= 15 is 0 Å². The van der Waals surface area contributed by atoms with E-state index < -0.39 is 0 Å². The third-order valence-electron chi connectivity index (χ3n) is 5.70. The Morgan fingerprint density at radius 2 is 2.14 bits per heavy atom. The summed E-state index contributed by atoms with van der Waals surface area (Å²) in [6, 6.07) is 11.0. The number of hydrogen-bond acceptors (Lipinski definition) is 6. The maximum Gasteiger partial charge on any atom is 0.119 e. The first-order valence-electron chi connectivity index (χ1n) is 10.4. The summed E-state index contributed by atoms with van der Waals surface area (Å²) in [4.78, 5) is 2.56. The van der Waals surface area contributed by atoms with Crippen LogP contribution in [0.1, 0.15) is 38.0 Å². The van der Waals surface area contributed by atoms with Gasteiger partial charge in [-0.25, -0.2) is 0 Å². The molecule has 2 aliphatic rings. The van der Waals surface area contributed by atoms with E-state index in [0.29, 0.717) is 6.61 Å². The van der Waals surface area contributed by atoms with E-state index in [-0.39, 0.29) is 6.10 Å². The van der Waals surface area contributed by atoms with Crippen molar-refractivity contribution in [3.8, 4) is 16.9 Å². The number of benzene rings is 1. The Labute approximate surface area is 167 Å². The minimum Gasteiger partial charge on any atom is -0.494 e. The number of nitrogens with one attached hydrogen (secondary N) is 1. The van der Waals surface area contributed by atoms with Crippen LogP contribution in [0.5, 0.6) is 5.75 Å². The SMILES string of the molecule is C[C@@H]1CCCN1CCCOc1ccc(-c2ccnnc2C2CNCCO2)cc1. The lowest BCUT2D eigenvalue weighted by Gasteiger charge is -2.24. The highest BCUT2D eigenvalue weighted by molar-refractivity contribution is 5.66. The molecular weight excluding hydrogens is 352 g/mol. The van der Waals surface area contributed by atoms with Gasteiger partial charge in [0.15, 0.2) is 0 Å². The van der Waals surface area contributed by atoms with Crippen LogP contribution in [-0.4, -0.2) is 60.5 Å². The fraction of sp³-hybridized carbons (Fsp3) is 0.545. The topological polar surface area (TPSA) is 59.5 Å². The highest BCUT2D eigenvalue weighted by atomic mass is 16.5. The summed E-state index contributed by atoms with van der Waals surface area (Å²) in [5.74, 6) is 0.914. The number of hydrogen-bond donors (Lipinski definition) is 1. The van der Waals surface area contributed by atoms with E-state index in [1.54, 1.807) is 6.20 Å². The quantitative estimate of drug-likeness (QED) is 0.743. The van der Waals surface area contributed by atoms with Gasteiger partial charge in [-0.3, -0.25) is 0 Å². The van der Waals surface area contributed by atoms with E-state index in [1.807, 2.05) is 18.2 Å². The summed E-state index contributed by atoms with van der Waals surface area (Å²) in [6.45, 7) is 7.79. The molecule has 1 unspecified atom stereocenters. The molecule has 2 atom stereocenters. The van der Waals surface area contributed by atoms with Crippen LogP contribution in [0.25, 0.3) is 11.1 Å². The van der Waals surface area contributed by atoms with Gasteiger partial charge in [0.25, 0.3) is 0 Å². The number of nitrogens with zero attached hydrogens (tertiary/aromatic N) is 3. The predicted octanol–water partition coefficient (Wildman–Crippen LogP) is 3.06. The zero-order chi connectivity index (χ0) is 19.2. The fourth-order valence-electron chi connectivity index (χ4n) is 4.08. The third kappa shape index (κ3) is 4.69. The van der Waals surface area contributed by atoms with E-state index in [9.17, 15) is 0 Å². The van der Waals surface area contributed by atoms with Gasteiger partial charge in [-0.05, 0) is 56.5 Å². The van der Waals surface area contributed by atoms with Crippen LogP contribution in [0.15, 0.2) is 36.5 Å². The molecule has 2 aliphatic heterocycles. The Kier molecular flexibility index (Phi) is 6.52. The summed E-state index contributed by atoms with van der Waals surface area (Å²) in [6.07, 6.45) is 5.41. The predicted molar refractivity (Wildman–Crippen MR) is 109 cm³/mol. The maximum absolute atomic E-state index is 5.95. The fourth-order valence-corrected chi connectivity index (χ4v) is 4.08. The lowest BCUT2D eigenvalue weighted by atomic mass is 10.0. The largest absolute Gasteiger partial charge is 0.494 e. The van der Waals surface area contributed by atoms with E-state index in [0.717, 1.165) is 61.3 Å². The van der Waals surface area contributed by atoms with E-state index in [4.69, 9.17) is 9.47 Å². The first kappa shape index (κ1) is 19.3. The Morgan fingerprint density at radius 1 is 1.25 bits per heavy atom. The molecule has 1 aromatic carbocycles. The van der Waals surface area contributed by atoms with E-state index in [2.05, 4.69) is 39.5 Å². The Balaban J connectivity index is 1.34. The van der Waals surface area contributed by atoms with Gasteiger partial charge < -0.3 is 19.7 Å². The molecule has 0 spiro atoms. The van der Waals surface area contributed by atoms with Crippen LogP contribution < -0.4 is 10.1 Å². The van der Waals surface area contributed by atoms with Crippen molar-refractivity contribution < 1.29 is 9.47 Å². The maximum atomic E-state index is 5.95. The van der Waals surface area contributed by atoms with Gasteiger partial charge in [0.2, 0.25) is 0 Å². The van der Waals surface area contributed by atoms with Crippen LogP contribution in [0.4, 0.5) is 0 Å². The molecule has 0 amide bonds. The number of rotatable bonds is 7. The second-order valence-corrected chi connectivity index (χ2v) is 7.65. The monoisotopic (exact) mass is 382 g/mol. The summed E-state index contributed by atoms with van der Waals surface area (Å²) in [7, 11) is 0. The first-order chi connectivity index (χ1) is 13.8. The number of morpholine rings is 1. The third-order valence-corrected chi connectivity index (χ3v) is 5.70. The minimum absolute atomic E-state index is 0.0543. The Morgan fingerprint density at radius 3 is 2.89 bits per heavy atom. The van der Waals surface area contributed by atoms with Crippen LogP contribution in [0.2, 0.25) is 0 Å². The second-order valence-electron chi connectivity index (χ2n) is 7.65. The van der Waals surface area contributed by atoms with Gasteiger partial charge in [-0.1, -0.05) is 12.1 Å². The van der Waals surface area contributed by atoms with Gasteiger partial charge in [0, 0.05) is 31.2 Å². The van der Waals surface area contributed by atoms with Gasteiger partial charge >= 0.3 is 0 Å². The molecule has 1 N–H and O–H groups in total. The minimum atomic E-state index is -0.0543. The molecule has 0 saturated carbocycles. The second kappa shape index (κ2) is 9.45. The zero-order valence-electron chi connectivity index (χ0n) is 16.6. The van der Waals surface area contributed by atoms with Crippen LogP contribution in [0, 0.1) is 0 Å². The summed E-state index contributed by atoms with van der Waals surface area (Å²) in [5.41, 5.74) is 3.07. The van der Waals surface area contributed by atoms with Crippen molar-refractivity contribution in [2.24, 2.45) is 0 Å². The molecule has 28 heavy (non-hydrogen) atoms. The van der Waals surface area contributed by atoms with Crippen molar-refractivity contribution in [1.29, 1.82) is 0 Å². The standard InChI is InChI=1S/C22H30N4O2/c1-17-4-2-12-26(17)13-3-14-27-19-7-5-18(6-8-19)20-9-10-24-25-22(20)21-16-23-11-15-28-21/h5-10,17,21,23H,2-4,11-16H2,1H3/t17-,21?/m1/s1. The summed E-state index contributed by atoms with van der Waals surface area (Å²) in [5, 5.41) is 11.8. The molecule has 0 radical (unpaired) electrons. The van der Waals surface area contributed by atoms with Crippen molar-refractivity contribution in [1.82, 2.24) is 20.4 Å². The van der Waals surface area contributed by atoms with Crippen LogP contribution in [-0.2, 0) is 4.74 Å². The van der Waals surface area contributed by atoms with Crippen molar-refractivity contribution in [2.45, 2.75) is 38.3 Å². The molecule has 0 aliphatic carbocycles. The lowest BCUT2D eigenvalue weighted by molar-refractivity contribution is 0.0248. The summed E-state index contributed by atoms with van der Waals surface area (Å²) < 4.78 is 11.8. The van der Waals surface area contributed by atoms with Crippen LogP contribution in [0.3, 0.4) is 0 Å². The first-order valence-corrected chi connectivity index (χ1v) is 10.4. The zero-order valence-corrected chi connectivity index (χ0v) is 16.6. The molecule has 3 heterocycles. The van der Waals surface area contributed by atoms with Gasteiger partial charge in [0.05, 0.1) is 19.4 Å². The van der Waals surface area contributed by atoms with Crippen molar-refractivity contribution in [2.75, 3.05) is 39.4 Å². The molecule has 0 bridgehead atoms. The molecule has 6 heteroatoms. The Bertz CT molecular complexity index is 746. The smallest absolute Gasteiger partial charge is 0.119 e. The molecule has 2 saturated heterocycles. The molecule has 150 valence electrons. The van der Waals surface area contributed by atoms with Crippen molar-refractivity contribution in [3.05, 3.63) is 42.2 Å². The van der Waals surface area contributed by atoms with E-state index in [1.165, 1.54) is 19.4 Å². The van der Waals surface area contributed by atoms with Crippen molar-refractivity contribution >= 4 is 0 Å². The van der Waals surface area contributed by atoms with Crippen molar-refractivity contribution in [3.63, 3.8) is 0 Å². The number of likely N-dealkylation sites (tertiary alicyclic amines) is 1. The molecule has 6 nitrogen and oxygen atoms in total. The molecule has 2 aromatic rings. The van der Waals surface area contributed by atoms with Gasteiger partial charge in [-0.15, -0.1) is 0 Å². The normalized spacial score (nSPS) is 23.0. The molecule has 2 fully saturated rings. The van der Waals surface area contributed by atoms with Crippen LogP contribution >= 0.6 is 0 Å². The highest BCUT2D eigenvalue weighted by Gasteiger charge is 2.21. The average Bonchev–Trinajstić information content (AvgIpc) is 3.17. The average molecular weight is 383 g/mol. The molecular formula is C22H30N4O2. The Hall–Kier alpha value is -2.02. The van der Waals surface area contributed by atoms with Gasteiger partial charge in [-0.2, -0.15) is 10.2 Å². The summed E-state index contributed by atoms with van der Waals surface area (Å²) >= 11 is 0. The number of ether oxygens (including phenoxy) is 2.